The second kappa shape index (κ2) is 10.2. The van der Waals surface area contributed by atoms with E-state index in [-0.39, 0.29) is 7.92 Å². The lowest BCUT2D eigenvalue weighted by Crippen LogP contribution is -2.28. The maximum atomic E-state index is 5.88. The molecule has 3 aliphatic carbocycles. The van der Waals surface area contributed by atoms with Crippen molar-refractivity contribution in [3.8, 4) is 0 Å². The molecule has 4 rings (SSSR count). The first-order valence-electron chi connectivity index (χ1n) is 11.7. The molecule has 0 amide bonds. The van der Waals surface area contributed by atoms with Crippen molar-refractivity contribution in [3.63, 3.8) is 0 Å². The zero-order valence-corrected chi connectivity index (χ0v) is 19.2. The molecule has 2 fully saturated rings. The average molecular weight is 413 g/mol. The average Bonchev–Trinajstić information content (AvgIpc) is 2.80. The fourth-order valence-electron chi connectivity index (χ4n) is 5.69. The lowest BCUT2D eigenvalue weighted by atomic mass is 9.96. The van der Waals surface area contributed by atoms with Crippen molar-refractivity contribution in [2.45, 2.75) is 88.4 Å². The maximum Gasteiger partial charge on any atom is 0.126 e. The molecular weight excluding hydrogens is 375 g/mol. The van der Waals surface area contributed by atoms with Crippen LogP contribution in [0.3, 0.4) is 0 Å². The second-order valence-corrected chi connectivity index (χ2v) is 11.6. The van der Waals surface area contributed by atoms with Gasteiger partial charge >= 0.3 is 0 Å². The Morgan fingerprint density at radius 2 is 1.41 bits per heavy atom. The molecule has 1 aromatic rings. The molecule has 0 heterocycles. The fraction of sp³-hybridized carbons (Fsp3) is 0.615. The van der Waals surface area contributed by atoms with Crippen molar-refractivity contribution in [2.24, 2.45) is 0 Å². The Morgan fingerprint density at radius 1 is 0.793 bits per heavy atom. The van der Waals surface area contributed by atoms with Gasteiger partial charge in [0.05, 0.1) is 19.8 Å². The Bertz CT molecular complexity index is 721. The van der Waals surface area contributed by atoms with Crippen molar-refractivity contribution in [1.82, 2.24) is 0 Å². The van der Waals surface area contributed by atoms with Gasteiger partial charge in [0.25, 0.3) is 0 Å². The fourth-order valence-corrected chi connectivity index (χ4v) is 9.64. The highest BCUT2D eigenvalue weighted by atomic mass is 31.1. The molecule has 0 spiro atoms. The summed E-state index contributed by atoms with van der Waals surface area (Å²) in [5, 5.41) is 1.62. The molecule has 0 aromatic heterocycles. The van der Waals surface area contributed by atoms with E-state index >= 15 is 0 Å². The first-order valence-corrected chi connectivity index (χ1v) is 13.2. The van der Waals surface area contributed by atoms with E-state index in [4.69, 9.17) is 9.47 Å². The normalized spacial score (nSPS) is 22.0. The largest absolute Gasteiger partial charge is 0.500 e. The summed E-state index contributed by atoms with van der Waals surface area (Å²) < 4.78 is 11.7. The maximum absolute atomic E-state index is 5.88. The molecule has 2 saturated carbocycles. The lowest BCUT2D eigenvalue weighted by Gasteiger charge is -2.40. The lowest BCUT2D eigenvalue weighted by molar-refractivity contribution is 0.263. The summed E-state index contributed by atoms with van der Waals surface area (Å²) in [5.41, 5.74) is 4.40. The number of ether oxygens (including phenoxy) is 2. The summed E-state index contributed by atoms with van der Waals surface area (Å²) in [6.45, 7) is 0. The van der Waals surface area contributed by atoms with Crippen LogP contribution in [0.4, 0.5) is 0 Å². The Morgan fingerprint density at radius 3 is 2.00 bits per heavy atom. The van der Waals surface area contributed by atoms with Crippen LogP contribution in [0, 0.1) is 0 Å². The molecule has 3 heteroatoms. The third-order valence-electron chi connectivity index (χ3n) is 7.08. The summed E-state index contributed by atoms with van der Waals surface area (Å²) in [6.07, 6.45) is 18.5. The predicted octanol–water partition coefficient (Wildman–Crippen LogP) is 7.14. The van der Waals surface area contributed by atoms with Crippen LogP contribution in [-0.2, 0) is 9.47 Å². The first kappa shape index (κ1) is 21.0. The van der Waals surface area contributed by atoms with Crippen LogP contribution in [-0.4, -0.2) is 25.5 Å². The third-order valence-corrected chi connectivity index (χ3v) is 10.6. The highest BCUT2D eigenvalue weighted by Gasteiger charge is 2.35. The van der Waals surface area contributed by atoms with Crippen LogP contribution in [0.15, 0.2) is 41.9 Å². The van der Waals surface area contributed by atoms with Gasteiger partial charge in [-0.1, -0.05) is 70.7 Å². The number of hydrogen-bond acceptors (Lipinski definition) is 2. The minimum absolute atomic E-state index is 0.158. The Balaban J connectivity index is 1.79. The Hall–Kier alpha value is -1.27. The van der Waals surface area contributed by atoms with Gasteiger partial charge < -0.3 is 9.47 Å². The van der Waals surface area contributed by atoms with E-state index in [0.29, 0.717) is 0 Å². The van der Waals surface area contributed by atoms with E-state index in [1.165, 1.54) is 75.3 Å². The summed E-state index contributed by atoms with van der Waals surface area (Å²) in [7, 11) is 3.47. The van der Waals surface area contributed by atoms with Gasteiger partial charge in [-0.2, -0.15) is 0 Å². The molecule has 0 bridgehead atoms. The van der Waals surface area contributed by atoms with Crippen LogP contribution < -0.4 is 5.30 Å². The van der Waals surface area contributed by atoms with Crippen molar-refractivity contribution < 1.29 is 9.47 Å². The standard InChI is InChI=1S/C26H37O2P/c1-27-23-17-11-18-24(28-2)26(23)22-16-9-10-19-25(22)29(20-12-5-3-6-13-20)21-14-7-4-8-15-21/h9-10,16-17,19-21H,3-8,11-15,18H2,1-2H3. The molecular formula is C26H37O2P. The van der Waals surface area contributed by atoms with E-state index in [0.717, 1.165) is 35.7 Å². The van der Waals surface area contributed by atoms with Gasteiger partial charge in [0.1, 0.15) is 11.5 Å². The topological polar surface area (TPSA) is 18.5 Å². The van der Waals surface area contributed by atoms with Gasteiger partial charge in [-0.05, 0) is 60.4 Å². The molecule has 3 aliphatic rings. The SMILES string of the molecule is COC1=CCCC(OC)=C1c1ccccc1P(C1CCCCC1)C1CCCCC1. The molecule has 0 atom stereocenters. The number of methoxy groups -OCH3 is 2. The number of benzene rings is 1. The van der Waals surface area contributed by atoms with Crippen LogP contribution >= 0.6 is 7.92 Å². The molecule has 1 aromatic carbocycles. The Labute approximate surface area is 178 Å². The smallest absolute Gasteiger partial charge is 0.126 e. The molecule has 158 valence electrons. The summed E-state index contributed by atoms with van der Waals surface area (Å²) in [5.74, 6) is 2.10. The van der Waals surface area contributed by atoms with Gasteiger partial charge in [0, 0.05) is 6.42 Å². The summed E-state index contributed by atoms with van der Waals surface area (Å²) >= 11 is 0. The van der Waals surface area contributed by atoms with E-state index < -0.39 is 0 Å². The first-order chi connectivity index (χ1) is 14.3. The van der Waals surface area contributed by atoms with Crippen molar-refractivity contribution in [2.75, 3.05) is 14.2 Å². The van der Waals surface area contributed by atoms with Gasteiger partial charge in [-0.3, -0.25) is 0 Å². The minimum atomic E-state index is -0.158. The van der Waals surface area contributed by atoms with Crippen molar-refractivity contribution >= 4 is 18.8 Å². The van der Waals surface area contributed by atoms with Crippen molar-refractivity contribution in [3.05, 3.63) is 47.4 Å². The number of hydrogen-bond donors (Lipinski definition) is 0. The third kappa shape index (κ3) is 4.58. The molecule has 0 aliphatic heterocycles. The van der Waals surface area contributed by atoms with E-state index in [1.54, 1.807) is 12.4 Å². The van der Waals surface area contributed by atoms with E-state index in [1.807, 2.05) is 7.11 Å². The van der Waals surface area contributed by atoms with Gasteiger partial charge in [-0.25, -0.2) is 0 Å². The monoisotopic (exact) mass is 412 g/mol. The van der Waals surface area contributed by atoms with Crippen LogP contribution in [0.25, 0.3) is 5.57 Å². The molecule has 2 nitrogen and oxygen atoms in total. The number of rotatable bonds is 6. The van der Waals surface area contributed by atoms with Gasteiger partial charge in [-0.15, -0.1) is 0 Å². The van der Waals surface area contributed by atoms with Crippen LogP contribution in [0.1, 0.15) is 82.6 Å². The molecule has 29 heavy (non-hydrogen) atoms. The molecule has 0 N–H and O–H groups in total. The van der Waals surface area contributed by atoms with Crippen LogP contribution in [0.5, 0.6) is 0 Å². The Kier molecular flexibility index (Phi) is 7.35. The summed E-state index contributed by atoms with van der Waals surface area (Å²) in [6, 6.07) is 9.26. The molecule has 0 unspecified atom stereocenters. The quantitative estimate of drug-likeness (QED) is 0.462. The van der Waals surface area contributed by atoms with Gasteiger partial charge in [0.15, 0.2) is 0 Å². The summed E-state index contributed by atoms with van der Waals surface area (Å²) in [4.78, 5) is 0. The zero-order chi connectivity index (χ0) is 20.1. The predicted molar refractivity (Wildman–Crippen MR) is 125 cm³/mol. The van der Waals surface area contributed by atoms with Crippen molar-refractivity contribution in [1.29, 1.82) is 0 Å². The molecule has 0 radical (unpaired) electrons. The van der Waals surface area contributed by atoms with E-state index in [9.17, 15) is 0 Å². The zero-order valence-electron chi connectivity index (χ0n) is 18.3. The minimum Gasteiger partial charge on any atom is -0.500 e. The van der Waals surface area contributed by atoms with Gasteiger partial charge in [0.2, 0.25) is 0 Å². The van der Waals surface area contributed by atoms with E-state index in [2.05, 4.69) is 30.3 Å². The van der Waals surface area contributed by atoms with Crippen LogP contribution in [0.2, 0.25) is 0 Å². The molecule has 0 saturated heterocycles. The highest BCUT2D eigenvalue weighted by molar-refractivity contribution is 7.67. The highest BCUT2D eigenvalue weighted by Crippen LogP contribution is 2.56. The number of allylic oxidation sites excluding steroid dienone is 3. The second-order valence-electron chi connectivity index (χ2n) is 8.82.